The van der Waals surface area contributed by atoms with Gasteiger partial charge in [0.05, 0.1) is 11.8 Å². The summed E-state index contributed by atoms with van der Waals surface area (Å²) in [6, 6.07) is 0.403. The fourth-order valence-corrected chi connectivity index (χ4v) is 3.11. The molecular formula is C13H23N5OS. The molecule has 1 amide bonds. The average molecular weight is 297 g/mol. The van der Waals surface area contributed by atoms with Gasteiger partial charge in [0.1, 0.15) is 0 Å². The Bertz CT molecular complexity index is 428. The smallest absolute Gasteiger partial charge is 0.230 e. The Kier molecular flexibility index (Phi) is 5.82. The second-order valence-electron chi connectivity index (χ2n) is 5.68. The number of nitrogens with one attached hydrogen (secondary N) is 1. The second-order valence-corrected chi connectivity index (χ2v) is 6.63. The van der Waals surface area contributed by atoms with E-state index in [0.29, 0.717) is 24.3 Å². The van der Waals surface area contributed by atoms with Crippen LogP contribution in [0.4, 0.5) is 0 Å². The van der Waals surface area contributed by atoms with Crippen molar-refractivity contribution in [3.63, 3.8) is 0 Å². The van der Waals surface area contributed by atoms with E-state index in [-0.39, 0.29) is 5.91 Å². The van der Waals surface area contributed by atoms with E-state index in [9.17, 15) is 4.79 Å². The summed E-state index contributed by atoms with van der Waals surface area (Å²) >= 11 is 1.42. The monoisotopic (exact) mass is 297 g/mol. The van der Waals surface area contributed by atoms with E-state index in [1.807, 2.05) is 4.68 Å². The van der Waals surface area contributed by atoms with E-state index in [4.69, 9.17) is 0 Å². The lowest BCUT2D eigenvalue weighted by Crippen LogP contribution is -2.29. The third kappa shape index (κ3) is 4.47. The van der Waals surface area contributed by atoms with Gasteiger partial charge >= 0.3 is 0 Å². The number of rotatable bonds is 6. The number of aromatic nitrogens is 4. The predicted octanol–water partition coefficient (Wildman–Crippen LogP) is 2.04. The average Bonchev–Trinajstić information content (AvgIpc) is 2.92. The summed E-state index contributed by atoms with van der Waals surface area (Å²) in [5.74, 6) is 0.887. The van der Waals surface area contributed by atoms with Crippen molar-refractivity contribution in [1.29, 1.82) is 0 Å². The Morgan fingerprint density at radius 1 is 1.40 bits per heavy atom. The van der Waals surface area contributed by atoms with Gasteiger partial charge in [0, 0.05) is 6.54 Å². The van der Waals surface area contributed by atoms with Crippen molar-refractivity contribution in [3.05, 3.63) is 0 Å². The molecule has 0 unspecified atom stereocenters. The summed E-state index contributed by atoms with van der Waals surface area (Å²) in [5, 5.41) is 15.6. The molecular weight excluding hydrogens is 274 g/mol. The zero-order chi connectivity index (χ0) is 14.4. The van der Waals surface area contributed by atoms with Crippen molar-refractivity contribution in [2.75, 3.05) is 12.3 Å². The zero-order valence-corrected chi connectivity index (χ0v) is 13.0. The number of tetrazole rings is 1. The summed E-state index contributed by atoms with van der Waals surface area (Å²) in [6.45, 7) is 4.88. The van der Waals surface area contributed by atoms with Gasteiger partial charge in [-0.25, -0.2) is 4.68 Å². The SMILES string of the molecule is CC(C)CNC(=O)CSc1nnnn1C1CCCCC1. The van der Waals surface area contributed by atoms with Crippen LogP contribution in [0.2, 0.25) is 0 Å². The lowest BCUT2D eigenvalue weighted by molar-refractivity contribution is -0.118. The number of carbonyl (C=O) groups excluding carboxylic acids is 1. The fraction of sp³-hybridized carbons (Fsp3) is 0.846. The van der Waals surface area contributed by atoms with Crippen molar-refractivity contribution in [2.45, 2.75) is 57.1 Å². The number of hydrogen-bond donors (Lipinski definition) is 1. The molecule has 6 nitrogen and oxygen atoms in total. The van der Waals surface area contributed by atoms with Crippen molar-refractivity contribution in [1.82, 2.24) is 25.5 Å². The van der Waals surface area contributed by atoms with Crippen LogP contribution in [-0.4, -0.2) is 38.4 Å². The standard InChI is InChI=1S/C13H23N5OS/c1-10(2)8-14-12(19)9-20-13-15-16-17-18(13)11-6-4-3-5-7-11/h10-11H,3-9H2,1-2H3,(H,14,19). The number of thioether (sulfide) groups is 1. The van der Waals surface area contributed by atoms with Crippen molar-refractivity contribution < 1.29 is 4.79 Å². The molecule has 2 rings (SSSR count). The molecule has 0 radical (unpaired) electrons. The Morgan fingerprint density at radius 2 is 2.15 bits per heavy atom. The summed E-state index contributed by atoms with van der Waals surface area (Å²) in [5.41, 5.74) is 0. The second kappa shape index (κ2) is 7.61. The lowest BCUT2D eigenvalue weighted by Gasteiger charge is -2.21. The van der Waals surface area contributed by atoms with Gasteiger partial charge in [-0.15, -0.1) is 5.10 Å². The minimum absolute atomic E-state index is 0.0434. The number of nitrogens with zero attached hydrogens (tertiary/aromatic N) is 4. The first-order chi connectivity index (χ1) is 9.66. The van der Waals surface area contributed by atoms with Crippen LogP contribution in [0.1, 0.15) is 52.0 Å². The Hall–Kier alpha value is -1.11. The fourth-order valence-electron chi connectivity index (χ4n) is 2.33. The highest BCUT2D eigenvalue weighted by Crippen LogP contribution is 2.29. The first-order valence-electron chi connectivity index (χ1n) is 7.34. The van der Waals surface area contributed by atoms with Crippen LogP contribution in [-0.2, 0) is 4.79 Å². The normalized spacial score (nSPS) is 16.6. The van der Waals surface area contributed by atoms with Gasteiger partial charge in [0.25, 0.3) is 0 Å². The third-order valence-electron chi connectivity index (χ3n) is 3.42. The molecule has 1 aromatic heterocycles. The number of carbonyl (C=O) groups is 1. The number of hydrogen-bond acceptors (Lipinski definition) is 5. The maximum absolute atomic E-state index is 11.7. The van der Waals surface area contributed by atoms with E-state index in [0.717, 1.165) is 18.0 Å². The van der Waals surface area contributed by atoms with Gasteiger partial charge in [-0.1, -0.05) is 44.9 Å². The van der Waals surface area contributed by atoms with Gasteiger partial charge in [0.2, 0.25) is 11.1 Å². The topological polar surface area (TPSA) is 72.7 Å². The molecule has 1 N–H and O–H groups in total. The van der Waals surface area contributed by atoms with E-state index in [1.165, 1.54) is 31.0 Å². The highest BCUT2D eigenvalue weighted by molar-refractivity contribution is 7.99. The molecule has 0 spiro atoms. The first kappa shape index (κ1) is 15.3. The van der Waals surface area contributed by atoms with Crippen molar-refractivity contribution in [2.24, 2.45) is 5.92 Å². The summed E-state index contributed by atoms with van der Waals surface area (Å²) in [6.07, 6.45) is 6.06. The maximum atomic E-state index is 11.7. The minimum atomic E-state index is 0.0434. The van der Waals surface area contributed by atoms with Crippen LogP contribution in [0.25, 0.3) is 0 Å². The van der Waals surface area contributed by atoms with Crippen LogP contribution in [0.5, 0.6) is 0 Å². The molecule has 0 saturated heterocycles. The largest absolute Gasteiger partial charge is 0.355 e. The quantitative estimate of drug-likeness (QED) is 0.814. The van der Waals surface area contributed by atoms with E-state index < -0.39 is 0 Å². The third-order valence-corrected chi connectivity index (χ3v) is 4.36. The Morgan fingerprint density at radius 3 is 2.85 bits per heavy atom. The van der Waals surface area contributed by atoms with E-state index >= 15 is 0 Å². The molecule has 0 bridgehead atoms. The van der Waals surface area contributed by atoms with Crippen LogP contribution in [0.15, 0.2) is 5.16 Å². The molecule has 20 heavy (non-hydrogen) atoms. The van der Waals surface area contributed by atoms with Crippen molar-refractivity contribution >= 4 is 17.7 Å². The molecule has 1 saturated carbocycles. The van der Waals surface area contributed by atoms with Crippen LogP contribution in [0, 0.1) is 5.92 Å². The van der Waals surface area contributed by atoms with Crippen LogP contribution < -0.4 is 5.32 Å². The Labute approximate surface area is 124 Å². The first-order valence-corrected chi connectivity index (χ1v) is 8.32. The molecule has 1 fully saturated rings. The van der Waals surface area contributed by atoms with Crippen LogP contribution in [0.3, 0.4) is 0 Å². The summed E-state index contributed by atoms with van der Waals surface area (Å²) in [7, 11) is 0. The molecule has 0 aromatic carbocycles. The molecule has 7 heteroatoms. The molecule has 1 aliphatic rings. The Balaban J connectivity index is 1.84. The van der Waals surface area contributed by atoms with Gasteiger partial charge in [0.15, 0.2) is 0 Å². The van der Waals surface area contributed by atoms with Gasteiger partial charge in [-0.05, 0) is 29.2 Å². The maximum Gasteiger partial charge on any atom is 0.230 e. The summed E-state index contributed by atoms with van der Waals surface area (Å²) < 4.78 is 1.90. The minimum Gasteiger partial charge on any atom is -0.355 e. The molecule has 0 aliphatic heterocycles. The van der Waals surface area contributed by atoms with Gasteiger partial charge in [-0.3, -0.25) is 4.79 Å². The number of amides is 1. The lowest BCUT2D eigenvalue weighted by atomic mass is 9.96. The molecule has 1 aliphatic carbocycles. The van der Waals surface area contributed by atoms with Crippen LogP contribution >= 0.6 is 11.8 Å². The highest BCUT2D eigenvalue weighted by Gasteiger charge is 2.20. The van der Waals surface area contributed by atoms with E-state index in [2.05, 4.69) is 34.7 Å². The predicted molar refractivity (Wildman–Crippen MR) is 78.5 cm³/mol. The van der Waals surface area contributed by atoms with Gasteiger partial charge in [-0.2, -0.15) is 0 Å². The molecule has 1 heterocycles. The highest BCUT2D eigenvalue weighted by atomic mass is 32.2. The van der Waals surface area contributed by atoms with E-state index in [1.54, 1.807) is 0 Å². The molecule has 1 aromatic rings. The molecule has 112 valence electrons. The van der Waals surface area contributed by atoms with Crippen molar-refractivity contribution in [3.8, 4) is 0 Å². The molecule has 0 atom stereocenters. The van der Waals surface area contributed by atoms with Gasteiger partial charge < -0.3 is 5.32 Å². The zero-order valence-electron chi connectivity index (χ0n) is 12.2. The summed E-state index contributed by atoms with van der Waals surface area (Å²) in [4.78, 5) is 11.7.